The maximum atomic E-state index is 12.9. The summed E-state index contributed by atoms with van der Waals surface area (Å²) in [7, 11) is 0. The molecule has 0 fully saturated rings. The molecule has 0 spiro atoms. The van der Waals surface area contributed by atoms with Crippen LogP contribution in [0.1, 0.15) is 32.8 Å². The first-order chi connectivity index (χ1) is 13.4. The van der Waals surface area contributed by atoms with Crippen LogP contribution in [0.4, 0.5) is 5.69 Å². The molecule has 5 nitrogen and oxygen atoms in total. The molecule has 0 atom stereocenters. The van der Waals surface area contributed by atoms with Gasteiger partial charge in [0.1, 0.15) is 16.5 Å². The highest BCUT2D eigenvalue weighted by atomic mass is 35.5. The van der Waals surface area contributed by atoms with Crippen LogP contribution in [0.25, 0.3) is 5.57 Å². The number of imide groups is 1. The average Bonchev–Trinajstić information content (AvgIpc) is 2.90. The van der Waals surface area contributed by atoms with Crippen molar-refractivity contribution < 1.29 is 19.1 Å². The summed E-state index contributed by atoms with van der Waals surface area (Å²) in [4.78, 5) is 26.7. The fraction of sp³-hybridized carbons (Fsp3) is 0.273. The van der Waals surface area contributed by atoms with Gasteiger partial charge in [-0.3, -0.25) is 9.59 Å². The highest BCUT2D eigenvalue weighted by Gasteiger charge is 2.39. The Hall–Kier alpha value is -2.79. The predicted molar refractivity (Wildman–Crippen MR) is 110 cm³/mol. The molecule has 1 aliphatic rings. The predicted octanol–water partition coefficient (Wildman–Crippen LogP) is 4.79. The minimum atomic E-state index is -0.537. The quantitative estimate of drug-likeness (QED) is 0.628. The second-order valence-electron chi connectivity index (χ2n) is 6.67. The van der Waals surface area contributed by atoms with E-state index in [1.54, 1.807) is 48.5 Å². The van der Waals surface area contributed by atoms with Crippen LogP contribution in [0.15, 0.2) is 53.6 Å². The van der Waals surface area contributed by atoms with Gasteiger partial charge >= 0.3 is 0 Å². The molecule has 146 valence electrons. The topological polar surface area (TPSA) is 55.8 Å². The lowest BCUT2D eigenvalue weighted by Gasteiger charge is -2.16. The van der Waals surface area contributed by atoms with Crippen LogP contribution in [-0.4, -0.2) is 24.5 Å². The van der Waals surface area contributed by atoms with Crippen LogP contribution < -0.4 is 14.4 Å². The van der Waals surface area contributed by atoms with Gasteiger partial charge in [0, 0.05) is 0 Å². The van der Waals surface area contributed by atoms with Crippen LogP contribution in [0, 0.1) is 0 Å². The molecule has 0 N–H and O–H groups in total. The second kappa shape index (κ2) is 8.48. The lowest BCUT2D eigenvalue weighted by molar-refractivity contribution is -0.119. The number of carbonyl (C=O) groups excluding carboxylic acids is 2. The normalized spacial score (nSPS) is 14.2. The van der Waals surface area contributed by atoms with Crippen molar-refractivity contribution in [2.75, 3.05) is 11.5 Å². The van der Waals surface area contributed by atoms with E-state index >= 15 is 0 Å². The fourth-order valence-corrected chi connectivity index (χ4v) is 3.15. The molecule has 1 aliphatic heterocycles. The fourth-order valence-electron chi connectivity index (χ4n) is 2.87. The molecule has 0 bridgehead atoms. The number of ether oxygens (including phenoxy) is 2. The van der Waals surface area contributed by atoms with E-state index in [1.165, 1.54) is 0 Å². The van der Waals surface area contributed by atoms with E-state index < -0.39 is 11.8 Å². The van der Waals surface area contributed by atoms with Crippen molar-refractivity contribution in [2.24, 2.45) is 0 Å². The molecule has 0 saturated carbocycles. The first-order valence-electron chi connectivity index (χ1n) is 9.21. The van der Waals surface area contributed by atoms with Gasteiger partial charge in [0.2, 0.25) is 0 Å². The SMILES string of the molecule is CCCOc1ccc(C2=C(Cl)C(=O)N(c3ccc(OC(C)C)cc3)C2=O)cc1. The molecule has 0 aromatic heterocycles. The van der Waals surface area contributed by atoms with Crippen LogP contribution in [0.5, 0.6) is 11.5 Å². The number of benzene rings is 2. The summed E-state index contributed by atoms with van der Waals surface area (Å²) in [6.07, 6.45) is 0.940. The summed E-state index contributed by atoms with van der Waals surface area (Å²) < 4.78 is 11.2. The molecule has 6 heteroatoms. The maximum absolute atomic E-state index is 12.9. The molecule has 0 saturated heterocycles. The number of hydrogen-bond donors (Lipinski definition) is 0. The Bertz CT molecular complexity index is 901. The van der Waals surface area contributed by atoms with E-state index in [0.717, 1.165) is 11.3 Å². The van der Waals surface area contributed by atoms with Gasteiger partial charge in [-0.2, -0.15) is 0 Å². The van der Waals surface area contributed by atoms with Crippen LogP contribution in [0.2, 0.25) is 0 Å². The van der Waals surface area contributed by atoms with Gasteiger partial charge in [-0.05, 0) is 62.2 Å². The summed E-state index contributed by atoms with van der Waals surface area (Å²) in [5.41, 5.74) is 1.22. The van der Waals surface area contributed by atoms with E-state index in [0.29, 0.717) is 29.4 Å². The van der Waals surface area contributed by atoms with Gasteiger partial charge in [-0.25, -0.2) is 4.90 Å². The van der Waals surface area contributed by atoms with Crippen LogP contribution >= 0.6 is 11.6 Å². The van der Waals surface area contributed by atoms with Crippen molar-refractivity contribution in [3.63, 3.8) is 0 Å². The number of rotatable bonds is 7. The molecule has 2 aromatic rings. The molecule has 3 rings (SSSR count). The summed E-state index contributed by atoms with van der Waals surface area (Å²) in [5, 5.41) is -0.0882. The Morgan fingerprint density at radius 2 is 1.54 bits per heavy atom. The summed E-state index contributed by atoms with van der Waals surface area (Å²) in [6, 6.07) is 13.8. The Balaban J connectivity index is 1.83. The van der Waals surface area contributed by atoms with Crippen molar-refractivity contribution in [1.29, 1.82) is 0 Å². The number of hydrogen-bond acceptors (Lipinski definition) is 4. The van der Waals surface area contributed by atoms with Gasteiger partial charge in [-0.1, -0.05) is 30.7 Å². The van der Waals surface area contributed by atoms with Gasteiger partial charge in [0.05, 0.1) is 24.0 Å². The smallest absolute Gasteiger partial charge is 0.277 e. The second-order valence-corrected chi connectivity index (χ2v) is 7.05. The third kappa shape index (κ3) is 4.04. The number of nitrogens with zero attached hydrogens (tertiary/aromatic N) is 1. The summed E-state index contributed by atoms with van der Waals surface area (Å²) >= 11 is 6.24. The summed E-state index contributed by atoms with van der Waals surface area (Å²) in [6.45, 7) is 6.49. The van der Waals surface area contributed by atoms with Crippen molar-refractivity contribution in [3.05, 3.63) is 59.1 Å². The third-order valence-corrected chi connectivity index (χ3v) is 4.46. The van der Waals surface area contributed by atoms with E-state index in [-0.39, 0.29) is 16.7 Å². The van der Waals surface area contributed by atoms with E-state index in [9.17, 15) is 9.59 Å². The first-order valence-corrected chi connectivity index (χ1v) is 9.58. The Morgan fingerprint density at radius 1 is 0.929 bits per heavy atom. The standard InChI is InChI=1S/C22H22ClNO4/c1-4-13-27-17-9-5-15(6-10-17)19-20(23)22(26)24(21(19)25)16-7-11-18(12-8-16)28-14(2)3/h5-12,14H,4,13H2,1-3H3. The minimum Gasteiger partial charge on any atom is -0.494 e. The Labute approximate surface area is 169 Å². The molecular formula is C22H22ClNO4. The van der Waals surface area contributed by atoms with Gasteiger partial charge in [-0.15, -0.1) is 0 Å². The maximum Gasteiger partial charge on any atom is 0.277 e. The zero-order valence-electron chi connectivity index (χ0n) is 16.1. The summed E-state index contributed by atoms with van der Waals surface area (Å²) in [5.74, 6) is 0.386. The van der Waals surface area contributed by atoms with Gasteiger partial charge in [0.25, 0.3) is 11.8 Å². The highest BCUT2D eigenvalue weighted by molar-refractivity contribution is 6.60. The Kier molecular flexibility index (Phi) is 6.05. The molecule has 2 aromatic carbocycles. The zero-order chi connectivity index (χ0) is 20.3. The number of carbonyl (C=O) groups is 2. The van der Waals surface area contributed by atoms with Crippen molar-refractivity contribution in [2.45, 2.75) is 33.3 Å². The Morgan fingerprint density at radius 3 is 2.11 bits per heavy atom. The van der Waals surface area contributed by atoms with E-state index in [4.69, 9.17) is 21.1 Å². The molecule has 28 heavy (non-hydrogen) atoms. The van der Waals surface area contributed by atoms with Gasteiger partial charge < -0.3 is 9.47 Å². The number of amides is 2. The van der Waals surface area contributed by atoms with Crippen LogP contribution in [0.3, 0.4) is 0 Å². The largest absolute Gasteiger partial charge is 0.494 e. The average molecular weight is 400 g/mol. The monoisotopic (exact) mass is 399 g/mol. The molecule has 0 unspecified atom stereocenters. The lowest BCUT2D eigenvalue weighted by Crippen LogP contribution is -2.31. The van der Waals surface area contributed by atoms with E-state index in [1.807, 2.05) is 20.8 Å². The highest BCUT2D eigenvalue weighted by Crippen LogP contribution is 2.35. The van der Waals surface area contributed by atoms with E-state index in [2.05, 4.69) is 0 Å². The first kappa shape index (κ1) is 20.0. The molecule has 1 heterocycles. The molecule has 0 aliphatic carbocycles. The minimum absolute atomic E-state index is 0.0351. The van der Waals surface area contributed by atoms with Gasteiger partial charge in [0.15, 0.2) is 0 Å². The van der Waals surface area contributed by atoms with Crippen molar-refractivity contribution >= 4 is 34.7 Å². The third-order valence-electron chi connectivity index (χ3n) is 4.11. The number of halogens is 1. The van der Waals surface area contributed by atoms with Crippen molar-refractivity contribution in [3.8, 4) is 11.5 Å². The molecule has 0 radical (unpaired) electrons. The van der Waals surface area contributed by atoms with Crippen molar-refractivity contribution in [1.82, 2.24) is 0 Å². The number of anilines is 1. The van der Waals surface area contributed by atoms with Crippen LogP contribution in [-0.2, 0) is 9.59 Å². The lowest BCUT2D eigenvalue weighted by atomic mass is 10.1. The molecule has 2 amide bonds. The zero-order valence-corrected chi connectivity index (χ0v) is 16.8. The molecular weight excluding hydrogens is 378 g/mol.